The Hall–Kier alpha value is -1.28. The summed E-state index contributed by atoms with van der Waals surface area (Å²) in [5.41, 5.74) is 8.73. The third kappa shape index (κ3) is 4.96. The smallest absolute Gasteiger partial charge is 0.155 e. The zero-order valence-electron chi connectivity index (χ0n) is 16.3. The maximum atomic E-state index is 15.0. The standard InChI is InChI=1S/C18H24FN3O.C2H7NS/c19-18-14-11-16(12-1-3-13(20)4-2-12)21-15(14)5-6-17(18)22-7-9-23-10-8-22;1-3-4-2/h5-6,11-13,21H,1-4,7-10,20H2;3H,1-2H3. The molecule has 1 aromatic heterocycles. The number of benzene rings is 1. The Labute approximate surface area is 165 Å². The minimum absolute atomic E-state index is 0.112. The van der Waals surface area contributed by atoms with E-state index >= 15 is 0 Å². The summed E-state index contributed by atoms with van der Waals surface area (Å²) in [6, 6.07) is 6.23. The van der Waals surface area contributed by atoms with Gasteiger partial charge in [0.1, 0.15) is 0 Å². The van der Waals surface area contributed by atoms with E-state index in [-0.39, 0.29) is 5.82 Å². The summed E-state index contributed by atoms with van der Waals surface area (Å²) >= 11 is 1.61. The predicted molar refractivity (Wildman–Crippen MR) is 113 cm³/mol. The number of aromatic nitrogens is 1. The number of halogens is 1. The molecule has 4 rings (SSSR count). The lowest BCUT2D eigenvalue weighted by molar-refractivity contribution is 0.122. The van der Waals surface area contributed by atoms with Gasteiger partial charge in [-0.15, -0.1) is 0 Å². The second kappa shape index (κ2) is 9.78. The van der Waals surface area contributed by atoms with E-state index in [0.29, 0.717) is 36.2 Å². The fourth-order valence-corrected chi connectivity index (χ4v) is 3.88. The molecule has 2 aliphatic rings. The first-order valence-corrected chi connectivity index (χ1v) is 11.0. The highest BCUT2D eigenvalue weighted by Crippen LogP contribution is 2.35. The van der Waals surface area contributed by atoms with Crippen LogP contribution in [-0.2, 0) is 4.74 Å². The number of H-pyrrole nitrogens is 1. The normalized spacial score (nSPS) is 23.2. The van der Waals surface area contributed by atoms with E-state index < -0.39 is 0 Å². The zero-order chi connectivity index (χ0) is 19.2. The highest BCUT2D eigenvalue weighted by atomic mass is 32.2. The van der Waals surface area contributed by atoms with E-state index in [1.165, 1.54) is 0 Å². The SMILES string of the molecule is CNSC.NC1CCC(c2cc3c(F)c(N4CCOCC4)ccc3[nH]2)CC1. The van der Waals surface area contributed by atoms with Gasteiger partial charge in [-0.3, -0.25) is 4.72 Å². The lowest BCUT2D eigenvalue weighted by Crippen LogP contribution is -2.36. The average molecular weight is 395 g/mol. The molecule has 0 radical (unpaired) electrons. The Morgan fingerprint density at radius 3 is 2.52 bits per heavy atom. The van der Waals surface area contributed by atoms with Gasteiger partial charge in [-0.2, -0.15) is 0 Å². The zero-order valence-corrected chi connectivity index (χ0v) is 17.1. The Bertz CT molecular complexity index is 722. The number of morpholine rings is 1. The molecule has 150 valence electrons. The second-order valence-electron chi connectivity index (χ2n) is 7.20. The third-order valence-corrected chi connectivity index (χ3v) is 5.91. The van der Waals surface area contributed by atoms with Gasteiger partial charge in [-0.05, 0) is 63.1 Å². The van der Waals surface area contributed by atoms with Crippen molar-refractivity contribution in [2.75, 3.05) is 44.5 Å². The number of rotatable bonds is 3. The van der Waals surface area contributed by atoms with Crippen LogP contribution in [0.2, 0.25) is 0 Å². The van der Waals surface area contributed by atoms with E-state index in [2.05, 4.69) is 14.6 Å². The number of nitrogens with one attached hydrogen (secondary N) is 2. The number of nitrogens with two attached hydrogens (primary N) is 1. The fourth-order valence-electron chi connectivity index (χ4n) is 3.88. The van der Waals surface area contributed by atoms with Crippen LogP contribution in [0, 0.1) is 5.82 Å². The first-order chi connectivity index (χ1) is 13.1. The highest BCUT2D eigenvalue weighted by Gasteiger charge is 2.23. The summed E-state index contributed by atoms with van der Waals surface area (Å²) in [5.74, 6) is 0.368. The predicted octanol–water partition coefficient (Wildman–Crippen LogP) is 3.61. The van der Waals surface area contributed by atoms with Gasteiger partial charge in [-0.25, -0.2) is 4.39 Å². The minimum atomic E-state index is -0.112. The molecule has 0 unspecified atom stereocenters. The van der Waals surface area contributed by atoms with Gasteiger partial charge in [-0.1, -0.05) is 11.9 Å². The van der Waals surface area contributed by atoms with Gasteiger partial charge in [0.15, 0.2) is 5.82 Å². The molecule has 27 heavy (non-hydrogen) atoms. The largest absolute Gasteiger partial charge is 0.378 e. The maximum Gasteiger partial charge on any atom is 0.155 e. The molecular formula is C20H31FN4OS. The van der Waals surface area contributed by atoms with Crippen molar-refractivity contribution in [1.82, 2.24) is 9.71 Å². The molecule has 5 nitrogen and oxygen atoms in total. The van der Waals surface area contributed by atoms with Gasteiger partial charge in [0.2, 0.25) is 0 Å². The molecule has 2 fully saturated rings. The molecule has 1 aromatic carbocycles. The number of ether oxygens (including phenoxy) is 1. The van der Waals surface area contributed by atoms with Crippen LogP contribution in [0.1, 0.15) is 37.3 Å². The van der Waals surface area contributed by atoms with Gasteiger partial charge >= 0.3 is 0 Å². The molecule has 4 N–H and O–H groups in total. The van der Waals surface area contributed by atoms with Crippen molar-refractivity contribution in [1.29, 1.82) is 0 Å². The van der Waals surface area contributed by atoms with Crippen LogP contribution < -0.4 is 15.4 Å². The Balaban J connectivity index is 0.000000481. The van der Waals surface area contributed by atoms with Gasteiger partial charge < -0.3 is 20.4 Å². The van der Waals surface area contributed by atoms with Crippen LogP contribution >= 0.6 is 11.9 Å². The summed E-state index contributed by atoms with van der Waals surface area (Å²) in [5, 5.41) is 0.707. The van der Waals surface area contributed by atoms with Crippen LogP contribution in [0.25, 0.3) is 10.9 Å². The summed E-state index contributed by atoms with van der Waals surface area (Å²) in [7, 11) is 1.89. The molecule has 1 saturated heterocycles. The van der Waals surface area contributed by atoms with Crippen molar-refractivity contribution in [2.24, 2.45) is 5.73 Å². The molecule has 0 atom stereocenters. The molecule has 2 aromatic rings. The topological polar surface area (TPSA) is 66.3 Å². The van der Waals surface area contributed by atoms with Crippen molar-refractivity contribution in [3.05, 3.63) is 29.7 Å². The number of anilines is 1. The van der Waals surface area contributed by atoms with Gasteiger partial charge in [0.25, 0.3) is 0 Å². The molecule has 1 aliphatic carbocycles. The first-order valence-electron chi connectivity index (χ1n) is 9.73. The van der Waals surface area contributed by atoms with Crippen LogP contribution in [-0.4, -0.2) is 50.6 Å². The fraction of sp³-hybridized carbons (Fsp3) is 0.600. The van der Waals surface area contributed by atoms with E-state index in [4.69, 9.17) is 10.5 Å². The van der Waals surface area contributed by atoms with E-state index in [0.717, 1.165) is 50.0 Å². The maximum absolute atomic E-state index is 15.0. The van der Waals surface area contributed by atoms with Crippen molar-refractivity contribution in [2.45, 2.75) is 37.6 Å². The summed E-state index contributed by atoms with van der Waals surface area (Å²) in [6.07, 6.45) is 6.28. The summed E-state index contributed by atoms with van der Waals surface area (Å²) < 4.78 is 23.2. The summed E-state index contributed by atoms with van der Waals surface area (Å²) in [6.45, 7) is 2.83. The van der Waals surface area contributed by atoms with E-state index in [1.807, 2.05) is 31.5 Å². The van der Waals surface area contributed by atoms with Crippen molar-refractivity contribution >= 4 is 28.5 Å². The number of aromatic amines is 1. The molecule has 1 aliphatic heterocycles. The number of fused-ring (bicyclic) bond motifs is 1. The quantitative estimate of drug-likeness (QED) is 0.694. The first kappa shape index (κ1) is 20.5. The van der Waals surface area contributed by atoms with Crippen LogP contribution in [0.5, 0.6) is 0 Å². The molecule has 1 saturated carbocycles. The van der Waals surface area contributed by atoms with Gasteiger partial charge in [0.05, 0.1) is 18.9 Å². The molecule has 0 spiro atoms. The van der Waals surface area contributed by atoms with E-state index in [1.54, 1.807) is 11.9 Å². The Morgan fingerprint density at radius 1 is 1.22 bits per heavy atom. The third-order valence-electron chi connectivity index (χ3n) is 5.51. The van der Waals surface area contributed by atoms with Crippen LogP contribution in [0.15, 0.2) is 18.2 Å². The van der Waals surface area contributed by atoms with Crippen molar-refractivity contribution in [3.63, 3.8) is 0 Å². The molecule has 0 bridgehead atoms. The number of hydrogen-bond acceptors (Lipinski definition) is 5. The van der Waals surface area contributed by atoms with Gasteiger partial charge in [0, 0.05) is 35.7 Å². The lowest BCUT2D eigenvalue weighted by atomic mass is 9.84. The van der Waals surface area contributed by atoms with Crippen molar-refractivity contribution < 1.29 is 9.13 Å². The molecule has 0 amide bonds. The Kier molecular flexibility index (Phi) is 7.41. The monoisotopic (exact) mass is 394 g/mol. The van der Waals surface area contributed by atoms with Crippen LogP contribution in [0.3, 0.4) is 0 Å². The van der Waals surface area contributed by atoms with Crippen LogP contribution in [0.4, 0.5) is 10.1 Å². The molecular weight excluding hydrogens is 363 g/mol. The summed E-state index contributed by atoms with van der Waals surface area (Å²) in [4.78, 5) is 5.50. The highest BCUT2D eigenvalue weighted by molar-refractivity contribution is 7.96. The average Bonchev–Trinajstić information content (AvgIpc) is 3.15. The number of nitrogens with zero attached hydrogens (tertiary/aromatic N) is 1. The number of hydrogen-bond donors (Lipinski definition) is 3. The minimum Gasteiger partial charge on any atom is -0.378 e. The van der Waals surface area contributed by atoms with E-state index in [9.17, 15) is 4.39 Å². The lowest BCUT2D eigenvalue weighted by Gasteiger charge is -2.29. The molecule has 2 heterocycles. The molecule has 7 heteroatoms. The van der Waals surface area contributed by atoms with Crippen molar-refractivity contribution in [3.8, 4) is 0 Å². The Morgan fingerprint density at radius 2 is 1.89 bits per heavy atom. The second-order valence-corrected chi connectivity index (χ2v) is 8.02.